The van der Waals surface area contributed by atoms with Gasteiger partial charge in [-0.2, -0.15) is 0 Å². The molecule has 1 saturated heterocycles. The highest BCUT2D eigenvalue weighted by molar-refractivity contribution is 5.85. The molecular weight excluding hydrogens is 292 g/mol. The number of halogens is 1. The maximum Gasteiger partial charge on any atom is 0.0705 e. The topological polar surface area (TPSA) is 16.1 Å². The Morgan fingerprint density at radius 2 is 1.82 bits per heavy atom. The first-order valence-corrected chi connectivity index (χ1v) is 7.74. The van der Waals surface area contributed by atoms with Gasteiger partial charge in [-0.25, -0.2) is 0 Å². The minimum absolute atomic E-state index is 0. The molecular formula is C19H23ClN2. The van der Waals surface area contributed by atoms with Crippen LogP contribution in [-0.4, -0.2) is 29.5 Å². The van der Waals surface area contributed by atoms with Gasteiger partial charge in [0, 0.05) is 18.3 Å². The molecule has 2 heterocycles. The van der Waals surface area contributed by atoms with Crippen molar-refractivity contribution >= 4 is 18.0 Å². The monoisotopic (exact) mass is 314 g/mol. The molecule has 1 aliphatic heterocycles. The van der Waals surface area contributed by atoms with E-state index in [0.29, 0.717) is 0 Å². The average Bonchev–Trinajstić information content (AvgIpc) is 3.04. The van der Waals surface area contributed by atoms with Crippen LogP contribution < -0.4 is 0 Å². The van der Waals surface area contributed by atoms with E-state index in [1.54, 1.807) is 0 Å². The molecule has 22 heavy (non-hydrogen) atoms. The van der Waals surface area contributed by atoms with E-state index >= 15 is 0 Å². The van der Waals surface area contributed by atoms with E-state index in [4.69, 9.17) is 0 Å². The van der Waals surface area contributed by atoms with Crippen LogP contribution in [0.4, 0.5) is 0 Å². The van der Waals surface area contributed by atoms with Crippen LogP contribution in [0.5, 0.6) is 0 Å². The number of aromatic nitrogens is 1. The van der Waals surface area contributed by atoms with E-state index in [1.165, 1.54) is 42.6 Å². The van der Waals surface area contributed by atoms with Gasteiger partial charge >= 0.3 is 0 Å². The van der Waals surface area contributed by atoms with Gasteiger partial charge in [0.25, 0.3) is 0 Å². The third-order valence-electron chi connectivity index (χ3n) is 4.06. The normalized spacial score (nSPS) is 15.6. The third kappa shape index (κ3) is 4.19. The predicted molar refractivity (Wildman–Crippen MR) is 95.4 cm³/mol. The molecule has 0 radical (unpaired) electrons. The summed E-state index contributed by atoms with van der Waals surface area (Å²) in [6, 6.07) is 14.8. The average molecular weight is 315 g/mol. The van der Waals surface area contributed by atoms with Crippen molar-refractivity contribution in [1.82, 2.24) is 9.88 Å². The fourth-order valence-corrected chi connectivity index (χ4v) is 2.81. The lowest BCUT2D eigenvalue weighted by molar-refractivity contribution is 0.377. The molecule has 2 nitrogen and oxygen atoms in total. The number of aryl methyl sites for hydroxylation is 1. The van der Waals surface area contributed by atoms with Gasteiger partial charge in [0.05, 0.1) is 5.69 Å². The highest BCUT2D eigenvalue weighted by Gasteiger charge is 2.11. The SMILES string of the molecule is Cc1ccc(C(=CCN2CCCC2)c2ccccn2)cc1.Cl. The first-order valence-electron chi connectivity index (χ1n) is 7.74. The van der Waals surface area contributed by atoms with Crippen LogP contribution in [0.15, 0.2) is 54.7 Å². The number of benzene rings is 1. The summed E-state index contributed by atoms with van der Waals surface area (Å²) in [5.41, 5.74) is 4.83. The second kappa shape index (κ2) is 8.11. The predicted octanol–water partition coefficient (Wildman–Crippen LogP) is 4.34. The van der Waals surface area contributed by atoms with E-state index in [1.807, 2.05) is 12.3 Å². The number of pyridine rings is 1. The summed E-state index contributed by atoms with van der Waals surface area (Å²) >= 11 is 0. The summed E-state index contributed by atoms with van der Waals surface area (Å²) in [6.45, 7) is 5.58. The lowest BCUT2D eigenvalue weighted by Gasteiger charge is -2.14. The van der Waals surface area contributed by atoms with Gasteiger partial charge in [0.2, 0.25) is 0 Å². The molecule has 0 spiro atoms. The Morgan fingerprint density at radius 1 is 1.09 bits per heavy atom. The minimum Gasteiger partial charge on any atom is -0.300 e. The van der Waals surface area contributed by atoms with Crippen LogP contribution in [0.2, 0.25) is 0 Å². The Kier molecular flexibility index (Phi) is 6.17. The molecule has 1 aromatic heterocycles. The second-order valence-electron chi connectivity index (χ2n) is 5.71. The van der Waals surface area contributed by atoms with Gasteiger partial charge in [-0.3, -0.25) is 9.88 Å². The molecule has 0 unspecified atom stereocenters. The molecule has 0 saturated carbocycles. The van der Waals surface area contributed by atoms with E-state index in [2.05, 4.69) is 59.3 Å². The largest absolute Gasteiger partial charge is 0.300 e. The Balaban J connectivity index is 0.00000176. The number of hydrogen-bond acceptors (Lipinski definition) is 2. The lowest BCUT2D eigenvalue weighted by atomic mass is 10.0. The molecule has 1 fully saturated rings. The summed E-state index contributed by atoms with van der Waals surface area (Å²) in [5, 5.41) is 0. The van der Waals surface area contributed by atoms with E-state index in [0.717, 1.165) is 12.2 Å². The smallest absolute Gasteiger partial charge is 0.0705 e. The van der Waals surface area contributed by atoms with Crippen molar-refractivity contribution in [2.45, 2.75) is 19.8 Å². The quantitative estimate of drug-likeness (QED) is 0.834. The summed E-state index contributed by atoms with van der Waals surface area (Å²) in [7, 11) is 0. The van der Waals surface area contributed by atoms with Crippen LogP contribution in [0, 0.1) is 6.92 Å². The van der Waals surface area contributed by atoms with Crippen molar-refractivity contribution in [2.24, 2.45) is 0 Å². The number of nitrogens with zero attached hydrogens (tertiary/aromatic N) is 2. The van der Waals surface area contributed by atoms with Crippen molar-refractivity contribution < 1.29 is 0 Å². The molecule has 0 amide bonds. The van der Waals surface area contributed by atoms with Crippen molar-refractivity contribution in [3.05, 3.63) is 71.6 Å². The minimum atomic E-state index is 0. The molecule has 3 rings (SSSR count). The third-order valence-corrected chi connectivity index (χ3v) is 4.06. The van der Waals surface area contributed by atoms with Gasteiger partial charge in [-0.05, 0) is 50.6 Å². The number of likely N-dealkylation sites (tertiary alicyclic amines) is 1. The van der Waals surface area contributed by atoms with Gasteiger partial charge in [-0.1, -0.05) is 42.0 Å². The molecule has 3 heteroatoms. The Morgan fingerprint density at radius 3 is 2.45 bits per heavy atom. The maximum atomic E-state index is 4.54. The summed E-state index contributed by atoms with van der Waals surface area (Å²) in [5.74, 6) is 0. The molecule has 1 aliphatic rings. The van der Waals surface area contributed by atoms with Crippen LogP contribution in [0.3, 0.4) is 0 Å². The Hall–Kier alpha value is -1.64. The number of rotatable bonds is 4. The highest BCUT2D eigenvalue weighted by atomic mass is 35.5. The molecule has 2 aromatic rings. The number of hydrogen-bond donors (Lipinski definition) is 0. The first-order chi connectivity index (χ1) is 10.3. The van der Waals surface area contributed by atoms with Crippen LogP contribution in [-0.2, 0) is 0 Å². The Labute approximate surface area is 139 Å². The molecule has 1 aromatic carbocycles. The van der Waals surface area contributed by atoms with Crippen molar-refractivity contribution in [3.63, 3.8) is 0 Å². The summed E-state index contributed by atoms with van der Waals surface area (Å²) in [4.78, 5) is 7.05. The van der Waals surface area contributed by atoms with Gasteiger partial charge in [-0.15, -0.1) is 12.4 Å². The zero-order valence-electron chi connectivity index (χ0n) is 13.0. The summed E-state index contributed by atoms with van der Waals surface area (Å²) in [6.07, 6.45) is 6.86. The van der Waals surface area contributed by atoms with Gasteiger partial charge in [0.1, 0.15) is 0 Å². The zero-order chi connectivity index (χ0) is 14.5. The fourth-order valence-electron chi connectivity index (χ4n) is 2.81. The van der Waals surface area contributed by atoms with Crippen LogP contribution >= 0.6 is 12.4 Å². The molecule has 116 valence electrons. The maximum absolute atomic E-state index is 4.54. The second-order valence-corrected chi connectivity index (χ2v) is 5.71. The lowest BCUT2D eigenvalue weighted by Crippen LogP contribution is -2.19. The highest BCUT2D eigenvalue weighted by Crippen LogP contribution is 2.22. The van der Waals surface area contributed by atoms with Crippen molar-refractivity contribution in [3.8, 4) is 0 Å². The van der Waals surface area contributed by atoms with Gasteiger partial charge < -0.3 is 0 Å². The van der Waals surface area contributed by atoms with Gasteiger partial charge in [0.15, 0.2) is 0 Å². The van der Waals surface area contributed by atoms with Crippen LogP contribution in [0.25, 0.3) is 5.57 Å². The molecule has 0 atom stereocenters. The standard InChI is InChI=1S/C19H22N2.ClH/c1-16-7-9-17(10-8-16)18(19-6-2-3-12-20-19)11-15-21-13-4-5-14-21;/h2-3,6-12H,4-5,13-15H2,1H3;1H. The zero-order valence-corrected chi connectivity index (χ0v) is 13.9. The molecule has 0 N–H and O–H groups in total. The van der Waals surface area contributed by atoms with E-state index in [9.17, 15) is 0 Å². The van der Waals surface area contributed by atoms with Crippen molar-refractivity contribution in [1.29, 1.82) is 0 Å². The van der Waals surface area contributed by atoms with E-state index in [-0.39, 0.29) is 12.4 Å². The van der Waals surface area contributed by atoms with Crippen molar-refractivity contribution in [2.75, 3.05) is 19.6 Å². The molecule has 0 bridgehead atoms. The van der Waals surface area contributed by atoms with E-state index < -0.39 is 0 Å². The summed E-state index contributed by atoms with van der Waals surface area (Å²) < 4.78 is 0. The fraction of sp³-hybridized carbons (Fsp3) is 0.316. The van der Waals surface area contributed by atoms with Crippen LogP contribution in [0.1, 0.15) is 29.7 Å². The first kappa shape index (κ1) is 16.7. The Bertz CT molecular complexity index is 599. The molecule has 0 aliphatic carbocycles.